The number of nitrogens with one attached hydrogen (secondary N) is 2. The zero-order valence-corrected chi connectivity index (χ0v) is 16.0. The Balaban J connectivity index is 1.88. The summed E-state index contributed by atoms with van der Waals surface area (Å²) in [5.41, 5.74) is 5.23. The van der Waals surface area contributed by atoms with Crippen LogP contribution >= 0.6 is 11.5 Å². The fraction of sp³-hybridized carbons (Fsp3) is 0.250. The van der Waals surface area contributed by atoms with Crippen molar-refractivity contribution in [2.75, 3.05) is 12.4 Å². The second-order valence-electron chi connectivity index (χ2n) is 5.87. The molecule has 0 saturated heterocycles. The van der Waals surface area contributed by atoms with Gasteiger partial charge < -0.3 is 10.1 Å². The number of benzene rings is 1. The summed E-state index contributed by atoms with van der Waals surface area (Å²) in [7, 11) is 1.59. The maximum atomic E-state index is 8.63. The van der Waals surface area contributed by atoms with Crippen LogP contribution in [0.4, 0.5) is 5.69 Å². The van der Waals surface area contributed by atoms with Crippen LogP contribution in [0.3, 0.4) is 0 Å². The van der Waals surface area contributed by atoms with E-state index in [9.17, 15) is 0 Å². The van der Waals surface area contributed by atoms with E-state index in [4.69, 9.17) is 10.1 Å². The van der Waals surface area contributed by atoms with Crippen LogP contribution in [0.5, 0.6) is 5.75 Å². The molecule has 0 unspecified atom stereocenters. The predicted molar refractivity (Wildman–Crippen MR) is 107 cm³/mol. The molecule has 0 aliphatic carbocycles. The van der Waals surface area contributed by atoms with Gasteiger partial charge in [0.25, 0.3) is 0 Å². The second kappa shape index (κ2) is 8.10. The SMILES string of the molecule is CCc1ccccc1NCc1c(C)nsc1C(=N)c1ncccc1OC. The molecule has 26 heavy (non-hydrogen) atoms. The summed E-state index contributed by atoms with van der Waals surface area (Å²) in [5.74, 6) is 0.596. The lowest BCUT2D eigenvalue weighted by molar-refractivity contribution is 0.412. The number of nitrogens with zero attached hydrogens (tertiary/aromatic N) is 2. The summed E-state index contributed by atoms with van der Waals surface area (Å²) < 4.78 is 9.83. The molecule has 0 spiro atoms. The van der Waals surface area contributed by atoms with E-state index in [1.165, 1.54) is 17.1 Å². The zero-order chi connectivity index (χ0) is 18.5. The van der Waals surface area contributed by atoms with E-state index in [0.29, 0.717) is 23.7 Å². The minimum Gasteiger partial charge on any atom is -0.494 e. The van der Waals surface area contributed by atoms with Crippen molar-refractivity contribution in [3.8, 4) is 5.75 Å². The summed E-state index contributed by atoms with van der Waals surface area (Å²) in [6.07, 6.45) is 2.65. The van der Waals surface area contributed by atoms with Gasteiger partial charge in [-0.05, 0) is 48.6 Å². The smallest absolute Gasteiger partial charge is 0.146 e. The molecule has 134 valence electrons. The number of aryl methyl sites for hydroxylation is 2. The molecule has 6 heteroatoms. The molecular weight excluding hydrogens is 344 g/mol. The highest BCUT2D eigenvalue weighted by molar-refractivity contribution is 7.08. The number of hydrogen-bond donors (Lipinski definition) is 2. The third kappa shape index (κ3) is 3.60. The number of methoxy groups -OCH3 is 1. The fourth-order valence-corrected chi connectivity index (χ4v) is 3.69. The van der Waals surface area contributed by atoms with Gasteiger partial charge >= 0.3 is 0 Å². The summed E-state index contributed by atoms with van der Waals surface area (Å²) in [6.45, 7) is 4.74. The molecule has 0 bridgehead atoms. The van der Waals surface area contributed by atoms with Gasteiger partial charge in [-0.1, -0.05) is 25.1 Å². The first kappa shape index (κ1) is 18.1. The van der Waals surface area contributed by atoms with Crippen molar-refractivity contribution in [1.82, 2.24) is 9.36 Å². The Kier molecular flexibility index (Phi) is 5.63. The number of para-hydroxylation sites is 1. The normalized spacial score (nSPS) is 10.6. The number of pyridine rings is 1. The van der Waals surface area contributed by atoms with E-state index in [0.717, 1.165) is 28.2 Å². The molecule has 0 aliphatic heterocycles. The first-order chi connectivity index (χ1) is 12.7. The second-order valence-corrected chi connectivity index (χ2v) is 6.64. The molecule has 0 fully saturated rings. The predicted octanol–water partition coefficient (Wildman–Crippen LogP) is 4.45. The van der Waals surface area contributed by atoms with Gasteiger partial charge in [-0.15, -0.1) is 0 Å². The van der Waals surface area contributed by atoms with Crippen LogP contribution in [0.25, 0.3) is 0 Å². The average Bonchev–Trinajstić information content (AvgIpc) is 3.06. The van der Waals surface area contributed by atoms with Gasteiger partial charge in [0.15, 0.2) is 0 Å². The lowest BCUT2D eigenvalue weighted by Gasteiger charge is -2.12. The Hall–Kier alpha value is -2.73. The molecular formula is C20H22N4OS. The van der Waals surface area contributed by atoms with Crippen LogP contribution in [0.2, 0.25) is 0 Å². The van der Waals surface area contributed by atoms with Crippen molar-refractivity contribution >= 4 is 22.9 Å². The minimum absolute atomic E-state index is 0.341. The lowest BCUT2D eigenvalue weighted by Crippen LogP contribution is -2.10. The maximum absolute atomic E-state index is 8.63. The quantitative estimate of drug-likeness (QED) is 0.606. The van der Waals surface area contributed by atoms with E-state index < -0.39 is 0 Å². The van der Waals surface area contributed by atoms with Crippen LogP contribution in [-0.4, -0.2) is 22.2 Å². The molecule has 2 aromatic heterocycles. The maximum Gasteiger partial charge on any atom is 0.146 e. The molecule has 3 rings (SSSR count). The van der Waals surface area contributed by atoms with Crippen LogP contribution in [-0.2, 0) is 13.0 Å². The van der Waals surface area contributed by atoms with Gasteiger partial charge in [0, 0.05) is 24.0 Å². The van der Waals surface area contributed by atoms with Gasteiger partial charge in [0.2, 0.25) is 0 Å². The summed E-state index contributed by atoms with van der Waals surface area (Å²) >= 11 is 1.33. The third-order valence-corrected chi connectivity index (χ3v) is 5.29. The van der Waals surface area contributed by atoms with E-state index in [-0.39, 0.29) is 0 Å². The molecule has 0 saturated carbocycles. The number of ether oxygens (including phenoxy) is 1. The highest BCUT2D eigenvalue weighted by Crippen LogP contribution is 2.26. The Bertz CT molecular complexity index is 920. The highest BCUT2D eigenvalue weighted by atomic mass is 32.1. The van der Waals surface area contributed by atoms with Crippen molar-refractivity contribution in [2.45, 2.75) is 26.8 Å². The first-order valence-electron chi connectivity index (χ1n) is 8.50. The van der Waals surface area contributed by atoms with Gasteiger partial charge in [-0.25, -0.2) is 0 Å². The first-order valence-corrected chi connectivity index (χ1v) is 9.28. The Morgan fingerprint density at radius 3 is 2.81 bits per heavy atom. The van der Waals surface area contributed by atoms with Crippen molar-refractivity contribution in [2.24, 2.45) is 0 Å². The van der Waals surface area contributed by atoms with Crippen molar-refractivity contribution in [3.63, 3.8) is 0 Å². The summed E-state index contributed by atoms with van der Waals surface area (Å²) in [5, 5.41) is 12.1. The summed E-state index contributed by atoms with van der Waals surface area (Å²) in [4.78, 5) is 5.15. The Morgan fingerprint density at radius 1 is 1.23 bits per heavy atom. The van der Waals surface area contributed by atoms with E-state index in [2.05, 4.69) is 39.8 Å². The molecule has 2 heterocycles. The van der Waals surface area contributed by atoms with Crippen molar-refractivity contribution in [3.05, 3.63) is 70.0 Å². The van der Waals surface area contributed by atoms with Gasteiger partial charge in [0.05, 0.1) is 17.7 Å². The fourth-order valence-electron chi connectivity index (χ4n) is 2.83. The standard InChI is InChI=1S/C20H22N4OS/c1-4-14-8-5-6-9-16(14)23-12-15-13(2)24-26-20(15)18(21)19-17(25-3)10-7-11-22-19/h5-11,21,23H,4,12H2,1-3H3. The topological polar surface area (TPSA) is 70.9 Å². The molecule has 5 nitrogen and oxygen atoms in total. The van der Waals surface area contributed by atoms with Gasteiger partial charge in [-0.2, -0.15) is 4.37 Å². The van der Waals surface area contributed by atoms with Crippen LogP contribution in [0, 0.1) is 12.3 Å². The van der Waals surface area contributed by atoms with Crippen LogP contribution in [0.15, 0.2) is 42.6 Å². The molecule has 0 radical (unpaired) electrons. The number of aromatic nitrogens is 2. The number of hydrogen-bond acceptors (Lipinski definition) is 6. The largest absolute Gasteiger partial charge is 0.494 e. The Morgan fingerprint density at radius 2 is 2.04 bits per heavy atom. The molecule has 0 amide bonds. The van der Waals surface area contributed by atoms with Crippen LogP contribution in [0.1, 0.15) is 34.3 Å². The molecule has 1 aromatic carbocycles. The van der Waals surface area contributed by atoms with E-state index in [1.54, 1.807) is 19.4 Å². The van der Waals surface area contributed by atoms with Gasteiger partial charge in [-0.3, -0.25) is 10.4 Å². The highest BCUT2D eigenvalue weighted by Gasteiger charge is 2.20. The molecule has 0 atom stereocenters. The minimum atomic E-state index is 0.341. The van der Waals surface area contributed by atoms with Crippen molar-refractivity contribution < 1.29 is 4.74 Å². The molecule has 0 aliphatic rings. The Labute approximate surface area is 157 Å². The van der Waals surface area contributed by atoms with Crippen molar-refractivity contribution in [1.29, 1.82) is 5.41 Å². The molecule has 3 aromatic rings. The average molecular weight is 366 g/mol. The lowest BCUT2D eigenvalue weighted by atomic mass is 10.1. The zero-order valence-electron chi connectivity index (χ0n) is 15.2. The molecule has 2 N–H and O–H groups in total. The number of anilines is 1. The monoisotopic (exact) mass is 366 g/mol. The van der Waals surface area contributed by atoms with Gasteiger partial charge in [0.1, 0.15) is 17.2 Å². The number of rotatable bonds is 7. The van der Waals surface area contributed by atoms with Crippen LogP contribution < -0.4 is 10.1 Å². The third-order valence-electron chi connectivity index (χ3n) is 4.29. The summed E-state index contributed by atoms with van der Waals surface area (Å²) in [6, 6.07) is 11.9. The van der Waals surface area contributed by atoms with E-state index in [1.807, 2.05) is 19.1 Å². The van der Waals surface area contributed by atoms with E-state index >= 15 is 0 Å².